The molecule has 0 bridgehead atoms. The lowest BCUT2D eigenvalue weighted by atomic mass is 10.1. The molecule has 0 fully saturated rings. The monoisotopic (exact) mass is 322 g/mol. The van der Waals surface area contributed by atoms with Gasteiger partial charge in [0.15, 0.2) is 10.8 Å². The van der Waals surface area contributed by atoms with E-state index in [0.29, 0.717) is 19.0 Å². The van der Waals surface area contributed by atoms with E-state index >= 15 is 0 Å². The second kappa shape index (κ2) is 7.96. The molecule has 0 aliphatic carbocycles. The van der Waals surface area contributed by atoms with E-state index < -0.39 is 0 Å². The minimum absolute atomic E-state index is 0.0436. The first-order valence-corrected chi connectivity index (χ1v) is 7.49. The van der Waals surface area contributed by atoms with Gasteiger partial charge in [0.1, 0.15) is 6.61 Å². The third kappa shape index (κ3) is 4.32. The van der Waals surface area contributed by atoms with E-state index in [2.05, 4.69) is 12.0 Å². The molecule has 1 aromatic heterocycles. The maximum absolute atomic E-state index is 11.6. The molecule has 1 aromatic carbocycles. The lowest BCUT2D eigenvalue weighted by Crippen LogP contribution is -2.20. The average Bonchev–Trinajstić information content (AvgIpc) is 2.53. The predicted molar refractivity (Wildman–Crippen MR) is 85.2 cm³/mol. The first-order valence-electron chi connectivity index (χ1n) is 7.12. The maximum atomic E-state index is 11.6. The fourth-order valence-corrected chi connectivity index (χ4v) is 2.05. The van der Waals surface area contributed by atoms with Gasteiger partial charge in [-0.05, 0) is 17.5 Å². The molecule has 0 N–H and O–H groups in total. The normalized spacial score (nSPS) is 10.7. The van der Waals surface area contributed by atoms with Gasteiger partial charge in [-0.25, -0.2) is 4.68 Å². The standard InChI is InChI=1S/C16H19ClN2O3/c1-3-8-21-10-12-4-6-13(7-5-12)11-22-14-9-18-19(2)16(20)15(14)17/h4-7,9H,3,8,10-11H2,1-2H3. The maximum Gasteiger partial charge on any atom is 0.289 e. The molecular formula is C16H19ClN2O3. The van der Waals surface area contributed by atoms with Crippen LogP contribution in [0.4, 0.5) is 0 Å². The second-order valence-electron chi connectivity index (χ2n) is 4.91. The summed E-state index contributed by atoms with van der Waals surface area (Å²) in [6.45, 7) is 3.78. The van der Waals surface area contributed by atoms with Gasteiger partial charge in [0.2, 0.25) is 0 Å². The highest BCUT2D eigenvalue weighted by molar-refractivity contribution is 6.31. The van der Waals surface area contributed by atoms with Crippen molar-refractivity contribution >= 4 is 11.6 Å². The quantitative estimate of drug-likeness (QED) is 0.735. The largest absolute Gasteiger partial charge is 0.485 e. The number of halogens is 1. The van der Waals surface area contributed by atoms with Crippen LogP contribution in [-0.2, 0) is 25.0 Å². The zero-order chi connectivity index (χ0) is 15.9. The number of benzene rings is 1. The van der Waals surface area contributed by atoms with Crippen molar-refractivity contribution in [3.63, 3.8) is 0 Å². The molecule has 1 heterocycles. The number of nitrogens with zero attached hydrogens (tertiary/aromatic N) is 2. The minimum atomic E-state index is -0.373. The van der Waals surface area contributed by atoms with E-state index in [-0.39, 0.29) is 10.6 Å². The molecule has 6 heteroatoms. The molecule has 0 atom stereocenters. The molecular weight excluding hydrogens is 304 g/mol. The summed E-state index contributed by atoms with van der Waals surface area (Å²) in [5.74, 6) is 0.292. The summed E-state index contributed by atoms with van der Waals surface area (Å²) < 4.78 is 12.2. The third-order valence-corrected chi connectivity index (χ3v) is 3.43. The summed E-state index contributed by atoms with van der Waals surface area (Å²) in [4.78, 5) is 11.6. The van der Waals surface area contributed by atoms with Crippen LogP contribution in [-0.4, -0.2) is 16.4 Å². The van der Waals surface area contributed by atoms with Crippen molar-refractivity contribution in [1.82, 2.24) is 9.78 Å². The lowest BCUT2D eigenvalue weighted by molar-refractivity contribution is 0.121. The van der Waals surface area contributed by atoms with E-state index in [9.17, 15) is 4.79 Å². The smallest absolute Gasteiger partial charge is 0.289 e. The van der Waals surface area contributed by atoms with Crippen LogP contribution in [0.25, 0.3) is 0 Å². The molecule has 0 radical (unpaired) electrons. The highest BCUT2D eigenvalue weighted by Crippen LogP contribution is 2.19. The van der Waals surface area contributed by atoms with Crippen LogP contribution in [0.15, 0.2) is 35.3 Å². The van der Waals surface area contributed by atoms with Crippen LogP contribution < -0.4 is 10.3 Å². The summed E-state index contributed by atoms with van der Waals surface area (Å²) in [5, 5.41) is 3.93. The van der Waals surface area contributed by atoms with Gasteiger partial charge in [0.25, 0.3) is 5.56 Å². The van der Waals surface area contributed by atoms with Crippen molar-refractivity contribution in [1.29, 1.82) is 0 Å². The Morgan fingerprint density at radius 3 is 2.45 bits per heavy atom. The lowest BCUT2D eigenvalue weighted by Gasteiger charge is -2.09. The van der Waals surface area contributed by atoms with Crippen LogP contribution in [0.5, 0.6) is 5.75 Å². The summed E-state index contributed by atoms with van der Waals surface area (Å²) in [7, 11) is 1.54. The Balaban J connectivity index is 1.94. The number of rotatable bonds is 7. The van der Waals surface area contributed by atoms with E-state index in [1.807, 2.05) is 24.3 Å². The highest BCUT2D eigenvalue weighted by Gasteiger charge is 2.08. The number of hydrogen-bond donors (Lipinski definition) is 0. The van der Waals surface area contributed by atoms with Crippen molar-refractivity contribution in [2.45, 2.75) is 26.6 Å². The summed E-state index contributed by atoms with van der Waals surface area (Å²) in [6.07, 6.45) is 2.45. The molecule has 0 unspecified atom stereocenters. The van der Waals surface area contributed by atoms with Crippen LogP contribution >= 0.6 is 11.6 Å². The number of hydrogen-bond acceptors (Lipinski definition) is 4. The Kier molecular flexibility index (Phi) is 5.98. The molecule has 118 valence electrons. The van der Waals surface area contributed by atoms with Gasteiger partial charge in [0.05, 0.1) is 12.8 Å². The van der Waals surface area contributed by atoms with Crippen molar-refractivity contribution < 1.29 is 9.47 Å². The number of aromatic nitrogens is 2. The molecule has 2 rings (SSSR count). The van der Waals surface area contributed by atoms with Gasteiger partial charge in [-0.2, -0.15) is 5.10 Å². The molecule has 0 amide bonds. The zero-order valence-corrected chi connectivity index (χ0v) is 13.5. The molecule has 0 saturated carbocycles. The van der Waals surface area contributed by atoms with Gasteiger partial charge < -0.3 is 9.47 Å². The van der Waals surface area contributed by atoms with Gasteiger partial charge in [-0.3, -0.25) is 4.79 Å². The van der Waals surface area contributed by atoms with Crippen LogP contribution in [0.1, 0.15) is 24.5 Å². The van der Waals surface area contributed by atoms with Gasteiger partial charge in [0, 0.05) is 13.7 Å². The number of ether oxygens (including phenoxy) is 2. The molecule has 0 aliphatic heterocycles. The van der Waals surface area contributed by atoms with Gasteiger partial charge in [-0.1, -0.05) is 42.8 Å². The SMILES string of the molecule is CCCOCc1ccc(COc2cnn(C)c(=O)c2Cl)cc1. The minimum Gasteiger partial charge on any atom is -0.485 e. The number of aryl methyl sites for hydroxylation is 1. The van der Waals surface area contributed by atoms with Crippen molar-refractivity contribution in [3.05, 3.63) is 57.0 Å². The summed E-state index contributed by atoms with van der Waals surface area (Å²) in [5.41, 5.74) is 1.73. The Hall–Kier alpha value is -1.85. The molecule has 0 spiro atoms. The van der Waals surface area contributed by atoms with E-state index in [1.165, 1.54) is 17.9 Å². The topological polar surface area (TPSA) is 53.4 Å². The molecule has 0 aliphatic rings. The summed E-state index contributed by atoms with van der Waals surface area (Å²) in [6, 6.07) is 7.93. The van der Waals surface area contributed by atoms with Crippen LogP contribution in [0, 0.1) is 0 Å². The molecule has 5 nitrogen and oxygen atoms in total. The third-order valence-electron chi connectivity index (χ3n) is 3.08. The van der Waals surface area contributed by atoms with Crippen molar-refractivity contribution in [2.24, 2.45) is 7.05 Å². The molecule has 2 aromatic rings. The Morgan fingerprint density at radius 1 is 1.18 bits per heavy atom. The van der Waals surface area contributed by atoms with E-state index in [0.717, 1.165) is 24.2 Å². The van der Waals surface area contributed by atoms with Crippen LogP contribution in [0.3, 0.4) is 0 Å². The van der Waals surface area contributed by atoms with Gasteiger partial charge >= 0.3 is 0 Å². The average molecular weight is 323 g/mol. The fourth-order valence-electron chi connectivity index (χ4n) is 1.82. The predicted octanol–water partition coefficient (Wildman–Crippen LogP) is 2.94. The molecule has 22 heavy (non-hydrogen) atoms. The Labute approximate surface area is 134 Å². The summed E-state index contributed by atoms with van der Waals surface area (Å²) >= 11 is 5.95. The van der Waals surface area contributed by atoms with E-state index in [1.54, 1.807) is 0 Å². The molecule has 0 saturated heterocycles. The second-order valence-corrected chi connectivity index (χ2v) is 5.29. The Bertz CT molecular complexity index is 668. The first kappa shape index (κ1) is 16.5. The van der Waals surface area contributed by atoms with Crippen molar-refractivity contribution in [2.75, 3.05) is 6.61 Å². The first-order chi connectivity index (χ1) is 10.6. The van der Waals surface area contributed by atoms with E-state index in [4.69, 9.17) is 21.1 Å². The zero-order valence-electron chi connectivity index (χ0n) is 12.7. The van der Waals surface area contributed by atoms with Crippen LogP contribution in [0.2, 0.25) is 5.02 Å². The van der Waals surface area contributed by atoms with Gasteiger partial charge in [-0.15, -0.1) is 0 Å². The Morgan fingerprint density at radius 2 is 1.82 bits per heavy atom. The fraction of sp³-hybridized carbons (Fsp3) is 0.375. The van der Waals surface area contributed by atoms with Crippen molar-refractivity contribution in [3.8, 4) is 5.75 Å². The highest BCUT2D eigenvalue weighted by atomic mass is 35.5.